The molecule has 4 aromatic rings. The highest BCUT2D eigenvalue weighted by Crippen LogP contribution is 2.22. The van der Waals surface area contributed by atoms with Crippen LogP contribution in [0.2, 0.25) is 10.0 Å². The summed E-state index contributed by atoms with van der Waals surface area (Å²) in [6.07, 6.45) is 0.784. The second kappa shape index (κ2) is 11.2. The van der Waals surface area contributed by atoms with Crippen LogP contribution < -0.4 is 4.74 Å². The summed E-state index contributed by atoms with van der Waals surface area (Å²) >= 11 is 12.2. The fourth-order valence-corrected chi connectivity index (χ4v) is 3.72. The average molecular weight is 496 g/mol. The Morgan fingerprint density at radius 1 is 1.03 bits per heavy atom. The van der Waals surface area contributed by atoms with E-state index < -0.39 is 0 Å². The molecule has 174 valence electrons. The summed E-state index contributed by atoms with van der Waals surface area (Å²) in [4.78, 5) is 19.4. The Morgan fingerprint density at radius 3 is 2.59 bits per heavy atom. The van der Waals surface area contributed by atoms with Gasteiger partial charge in [-0.3, -0.25) is 4.79 Å². The molecule has 1 aromatic heterocycles. The van der Waals surface area contributed by atoms with E-state index in [4.69, 9.17) is 32.5 Å². The highest BCUT2D eigenvalue weighted by molar-refractivity contribution is 6.31. The molecule has 1 heterocycles. The summed E-state index contributed by atoms with van der Waals surface area (Å²) in [6, 6.07) is 21.8. The van der Waals surface area contributed by atoms with E-state index in [0.29, 0.717) is 46.2 Å². The Morgan fingerprint density at radius 2 is 1.82 bits per heavy atom. The number of ether oxygens (including phenoxy) is 1. The monoisotopic (exact) mass is 495 g/mol. The van der Waals surface area contributed by atoms with Gasteiger partial charge in [0.15, 0.2) is 0 Å². The van der Waals surface area contributed by atoms with E-state index in [9.17, 15) is 4.79 Å². The van der Waals surface area contributed by atoms with Gasteiger partial charge in [0.2, 0.25) is 11.7 Å². The molecule has 0 aliphatic carbocycles. The molecule has 0 aliphatic heterocycles. The van der Waals surface area contributed by atoms with E-state index in [0.717, 1.165) is 17.5 Å². The molecular formula is C26H23Cl2N3O3. The first-order valence-electron chi connectivity index (χ1n) is 10.9. The van der Waals surface area contributed by atoms with E-state index in [1.807, 2.05) is 49.4 Å². The number of benzene rings is 3. The van der Waals surface area contributed by atoms with Crippen molar-refractivity contribution >= 4 is 29.1 Å². The fraction of sp³-hybridized carbons (Fsp3) is 0.192. The van der Waals surface area contributed by atoms with Gasteiger partial charge in [-0.2, -0.15) is 4.98 Å². The van der Waals surface area contributed by atoms with E-state index in [2.05, 4.69) is 10.1 Å². The second-order valence-corrected chi connectivity index (χ2v) is 8.50. The Balaban J connectivity index is 1.46. The summed E-state index contributed by atoms with van der Waals surface area (Å²) in [5.41, 5.74) is 2.18. The van der Waals surface area contributed by atoms with Crippen molar-refractivity contribution in [1.82, 2.24) is 15.0 Å². The molecule has 0 fully saturated rings. The standard InChI is InChI=1S/C26H23Cl2N3O3/c1-2-14-31(16-24-29-25(30-34-24)18-10-12-21(27)13-11-18)26(32)19-7-5-8-22(15-19)33-17-20-6-3-4-9-23(20)28/h3-13,15H,2,14,16-17H2,1H3. The third-order valence-electron chi connectivity index (χ3n) is 5.11. The lowest BCUT2D eigenvalue weighted by Crippen LogP contribution is -2.31. The zero-order chi connectivity index (χ0) is 23.9. The fourth-order valence-electron chi connectivity index (χ4n) is 3.40. The van der Waals surface area contributed by atoms with Gasteiger partial charge in [-0.1, -0.05) is 59.5 Å². The molecule has 3 aromatic carbocycles. The summed E-state index contributed by atoms with van der Waals surface area (Å²) in [6.45, 7) is 3.07. The van der Waals surface area contributed by atoms with Crippen LogP contribution in [0.1, 0.15) is 35.2 Å². The summed E-state index contributed by atoms with van der Waals surface area (Å²) in [5.74, 6) is 1.25. The van der Waals surface area contributed by atoms with E-state index in [-0.39, 0.29) is 12.5 Å². The minimum absolute atomic E-state index is 0.142. The molecule has 0 saturated carbocycles. The quantitative estimate of drug-likeness (QED) is 0.259. The molecular weight excluding hydrogens is 473 g/mol. The van der Waals surface area contributed by atoms with Crippen LogP contribution in [-0.4, -0.2) is 27.5 Å². The molecule has 1 amide bonds. The minimum atomic E-state index is -0.142. The Bertz CT molecular complexity index is 1260. The van der Waals surface area contributed by atoms with Crippen LogP contribution in [0.4, 0.5) is 0 Å². The lowest BCUT2D eigenvalue weighted by atomic mass is 10.1. The van der Waals surface area contributed by atoms with Crippen LogP contribution in [-0.2, 0) is 13.2 Å². The smallest absolute Gasteiger partial charge is 0.254 e. The van der Waals surface area contributed by atoms with Gasteiger partial charge in [0, 0.05) is 33.3 Å². The number of aromatic nitrogens is 2. The maximum Gasteiger partial charge on any atom is 0.254 e. The van der Waals surface area contributed by atoms with Crippen LogP contribution in [0.25, 0.3) is 11.4 Å². The molecule has 0 saturated heterocycles. The number of carbonyl (C=O) groups excluding carboxylic acids is 1. The molecule has 0 spiro atoms. The first-order valence-corrected chi connectivity index (χ1v) is 11.6. The molecule has 0 atom stereocenters. The number of carbonyl (C=O) groups is 1. The van der Waals surface area contributed by atoms with E-state index >= 15 is 0 Å². The molecule has 0 aliphatic rings. The molecule has 0 N–H and O–H groups in total. The highest BCUT2D eigenvalue weighted by atomic mass is 35.5. The Hall–Kier alpha value is -3.35. The lowest BCUT2D eigenvalue weighted by molar-refractivity contribution is 0.0724. The summed E-state index contributed by atoms with van der Waals surface area (Å²) < 4.78 is 11.3. The average Bonchev–Trinajstić information content (AvgIpc) is 3.32. The Labute approximate surface area is 208 Å². The lowest BCUT2D eigenvalue weighted by Gasteiger charge is -2.20. The van der Waals surface area contributed by atoms with Crippen LogP contribution >= 0.6 is 23.2 Å². The van der Waals surface area contributed by atoms with Crippen molar-refractivity contribution in [2.24, 2.45) is 0 Å². The van der Waals surface area contributed by atoms with Gasteiger partial charge in [-0.15, -0.1) is 0 Å². The maximum atomic E-state index is 13.3. The second-order valence-electron chi connectivity index (χ2n) is 7.65. The molecule has 0 unspecified atom stereocenters. The topological polar surface area (TPSA) is 68.5 Å². The van der Waals surface area contributed by atoms with Gasteiger partial charge in [0.25, 0.3) is 5.91 Å². The molecule has 34 heavy (non-hydrogen) atoms. The van der Waals surface area contributed by atoms with Crippen molar-refractivity contribution in [1.29, 1.82) is 0 Å². The van der Waals surface area contributed by atoms with Crippen molar-refractivity contribution in [3.63, 3.8) is 0 Å². The summed E-state index contributed by atoms with van der Waals surface area (Å²) in [7, 11) is 0. The molecule has 8 heteroatoms. The van der Waals surface area contributed by atoms with Crippen molar-refractivity contribution in [2.45, 2.75) is 26.5 Å². The normalized spacial score (nSPS) is 10.8. The minimum Gasteiger partial charge on any atom is -0.489 e. The van der Waals surface area contributed by atoms with E-state index in [1.54, 1.807) is 35.2 Å². The van der Waals surface area contributed by atoms with Gasteiger partial charge in [-0.05, 0) is 55.0 Å². The number of rotatable bonds is 9. The first-order chi connectivity index (χ1) is 16.5. The predicted octanol–water partition coefficient (Wildman–Crippen LogP) is 6.67. The van der Waals surface area contributed by atoms with Gasteiger partial charge < -0.3 is 14.2 Å². The van der Waals surface area contributed by atoms with Crippen LogP contribution in [0.5, 0.6) is 5.75 Å². The van der Waals surface area contributed by atoms with Crippen LogP contribution in [0.15, 0.2) is 77.3 Å². The van der Waals surface area contributed by atoms with Crippen LogP contribution in [0, 0.1) is 0 Å². The zero-order valence-corrected chi connectivity index (χ0v) is 20.1. The molecule has 0 radical (unpaired) electrons. The molecule has 4 rings (SSSR count). The van der Waals surface area contributed by atoms with Gasteiger partial charge >= 0.3 is 0 Å². The number of hydrogen-bond donors (Lipinski definition) is 0. The van der Waals surface area contributed by atoms with Gasteiger partial charge in [0.1, 0.15) is 18.9 Å². The van der Waals surface area contributed by atoms with Crippen LogP contribution in [0.3, 0.4) is 0 Å². The number of halogens is 2. The first kappa shape index (κ1) is 23.8. The number of hydrogen-bond acceptors (Lipinski definition) is 5. The third-order valence-corrected chi connectivity index (χ3v) is 5.73. The van der Waals surface area contributed by atoms with Crippen molar-refractivity contribution < 1.29 is 14.1 Å². The zero-order valence-electron chi connectivity index (χ0n) is 18.6. The summed E-state index contributed by atoms with van der Waals surface area (Å²) in [5, 5.41) is 5.31. The maximum absolute atomic E-state index is 13.3. The highest BCUT2D eigenvalue weighted by Gasteiger charge is 2.20. The van der Waals surface area contributed by atoms with Gasteiger partial charge in [0.05, 0.1) is 0 Å². The molecule has 0 bridgehead atoms. The molecule has 6 nitrogen and oxygen atoms in total. The van der Waals surface area contributed by atoms with E-state index in [1.165, 1.54) is 0 Å². The largest absolute Gasteiger partial charge is 0.489 e. The third kappa shape index (κ3) is 5.95. The predicted molar refractivity (Wildman–Crippen MR) is 132 cm³/mol. The number of nitrogens with zero attached hydrogens (tertiary/aromatic N) is 3. The Kier molecular flexibility index (Phi) is 7.83. The van der Waals surface area contributed by atoms with Crippen molar-refractivity contribution in [3.05, 3.63) is 99.9 Å². The van der Waals surface area contributed by atoms with Gasteiger partial charge in [-0.25, -0.2) is 0 Å². The SMILES string of the molecule is CCCN(Cc1nc(-c2ccc(Cl)cc2)no1)C(=O)c1cccc(OCc2ccccc2Cl)c1. The van der Waals surface area contributed by atoms with Crippen molar-refractivity contribution in [3.8, 4) is 17.1 Å². The number of amides is 1. The van der Waals surface area contributed by atoms with Crippen molar-refractivity contribution in [2.75, 3.05) is 6.54 Å².